The van der Waals surface area contributed by atoms with E-state index in [1.807, 2.05) is 54.8 Å². The maximum atomic E-state index is 11.9. The Labute approximate surface area is 131 Å². The van der Waals surface area contributed by atoms with Crippen LogP contribution in [0.1, 0.15) is 0 Å². The zero-order chi connectivity index (χ0) is 14.4. The highest BCUT2D eigenvalue weighted by Gasteiger charge is 2.04. The Morgan fingerprint density at radius 2 is 2.00 bits per heavy atom. The van der Waals surface area contributed by atoms with Gasteiger partial charge < -0.3 is 10.6 Å². The van der Waals surface area contributed by atoms with Gasteiger partial charge in [0.1, 0.15) is 0 Å². The van der Waals surface area contributed by atoms with Crippen LogP contribution in [0.3, 0.4) is 0 Å². The van der Waals surface area contributed by atoms with E-state index in [4.69, 9.17) is 0 Å². The lowest BCUT2D eigenvalue weighted by molar-refractivity contribution is -0.114. The van der Waals surface area contributed by atoms with Gasteiger partial charge in [0.05, 0.1) is 6.54 Å². The van der Waals surface area contributed by atoms with Crippen molar-refractivity contribution in [3.05, 3.63) is 53.0 Å². The summed E-state index contributed by atoms with van der Waals surface area (Å²) in [5.74, 6) is -0.0704. The number of anilines is 2. The molecule has 2 N–H and O–H groups in total. The highest BCUT2D eigenvalue weighted by atomic mass is 79.9. The van der Waals surface area contributed by atoms with Crippen LogP contribution >= 0.6 is 27.7 Å². The van der Waals surface area contributed by atoms with E-state index in [0.29, 0.717) is 0 Å². The summed E-state index contributed by atoms with van der Waals surface area (Å²) in [4.78, 5) is 13.0. The number of rotatable bonds is 5. The second-order valence-electron chi connectivity index (χ2n) is 4.11. The number of hydrogen-bond donors (Lipinski definition) is 2. The smallest absolute Gasteiger partial charge is 0.243 e. The summed E-state index contributed by atoms with van der Waals surface area (Å²) in [7, 11) is 0. The molecule has 0 saturated carbocycles. The number of para-hydroxylation sites is 1. The monoisotopic (exact) mass is 350 g/mol. The zero-order valence-electron chi connectivity index (χ0n) is 11.0. The molecule has 0 saturated heterocycles. The van der Waals surface area contributed by atoms with Crippen molar-refractivity contribution in [3.8, 4) is 0 Å². The fourth-order valence-corrected chi connectivity index (χ4v) is 2.71. The Bertz CT molecular complexity index is 604. The quantitative estimate of drug-likeness (QED) is 0.793. The number of hydrogen-bond acceptors (Lipinski definition) is 3. The van der Waals surface area contributed by atoms with Crippen LogP contribution in [-0.4, -0.2) is 18.7 Å². The molecule has 0 atom stereocenters. The summed E-state index contributed by atoms with van der Waals surface area (Å²) in [5.41, 5.74) is 1.76. The van der Waals surface area contributed by atoms with E-state index in [9.17, 15) is 4.79 Å². The predicted octanol–water partition coefficient (Wildman–Crippen LogP) is 4.22. The molecule has 0 aliphatic carbocycles. The van der Waals surface area contributed by atoms with Crippen molar-refractivity contribution in [1.29, 1.82) is 0 Å². The third kappa shape index (κ3) is 4.28. The van der Waals surface area contributed by atoms with Crippen LogP contribution in [0.5, 0.6) is 0 Å². The van der Waals surface area contributed by atoms with E-state index in [0.717, 1.165) is 20.7 Å². The fraction of sp³-hybridized carbons (Fsp3) is 0.133. The van der Waals surface area contributed by atoms with E-state index in [1.165, 1.54) is 0 Å². The van der Waals surface area contributed by atoms with Gasteiger partial charge >= 0.3 is 0 Å². The number of thioether (sulfide) groups is 1. The van der Waals surface area contributed by atoms with Crippen LogP contribution < -0.4 is 10.6 Å². The Balaban J connectivity index is 1.92. The number of benzene rings is 2. The van der Waals surface area contributed by atoms with Crippen LogP contribution in [0, 0.1) is 0 Å². The van der Waals surface area contributed by atoms with Crippen molar-refractivity contribution >= 4 is 45.0 Å². The molecule has 0 aliphatic rings. The largest absolute Gasteiger partial charge is 0.375 e. The number of halogens is 1. The third-order valence-corrected chi connectivity index (χ3v) is 3.94. The summed E-state index contributed by atoms with van der Waals surface area (Å²) in [6, 6.07) is 15.5. The molecule has 0 aromatic heterocycles. The summed E-state index contributed by atoms with van der Waals surface area (Å²) in [6.07, 6.45) is 2.02. The van der Waals surface area contributed by atoms with Crippen molar-refractivity contribution in [1.82, 2.24) is 0 Å². The van der Waals surface area contributed by atoms with Gasteiger partial charge in [-0.25, -0.2) is 0 Å². The third-order valence-electron chi connectivity index (χ3n) is 2.65. The number of carbonyl (C=O) groups is 1. The average molecular weight is 351 g/mol. The van der Waals surface area contributed by atoms with E-state index in [2.05, 4.69) is 26.6 Å². The molecule has 0 bridgehead atoms. The highest BCUT2D eigenvalue weighted by Crippen LogP contribution is 2.24. The molecule has 20 heavy (non-hydrogen) atoms. The van der Waals surface area contributed by atoms with Crippen molar-refractivity contribution in [2.75, 3.05) is 23.4 Å². The molecule has 3 nitrogen and oxygen atoms in total. The number of nitrogens with one attached hydrogen (secondary N) is 2. The van der Waals surface area contributed by atoms with E-state index >= 15 is 0 Å². The van der Waals surface area contributed by atoms with Crippen molar-refractivity contribution in [3.63, 3.8) is 0 Å². The van der Waals surface area contributed by atoms with Gasteiger partial charge in [-0.2, -0.15) is 0 Å². The lowest BCUT2D eigenvalue weighted by Gasteiger charge is -2.10. The molecule has 0 heterocycles. The second kappa shape index (κ2) is 7.36. The van der Waals surface area contributed by atoms with Gasteiger partial charge in [0.15, 0.2) is 0 Å². The summed E-state index contributed by atoms with van der Waals surface area (Å²) in [5, 5.41) is 6.01. The highest BCUT2D eigenvalue weighted by molar-refractivity contribution is 9.10. The summed E-state index contributed by atoms with van der Waals surface area (Å²) in [6.45, 7) is 0.240. The van der Waals surface area contributed by atoms with Crippen LogP contribution in [0.15, 0.2) is 57.9 Å². The lowest BCUT2D eigenvalue weighted by atomic mass is 10.3. The molecule has 0 aliphatic heterocycles. The SMILES string of the molecule is CSc1ccccc1NCC(=O)Nc1cccc(Br)c1. The normalized spacial score (nSPS) is 10.1. The Hall–Kier alpha value is -1.46. The minimum absolute atomic E-state index is 0.0704. The molecule has 0 fully saturated rings. The summed E-state index contributed by atoms with van der Waals surface area (Å²) < 4.78 is 0.941. The van der Waals surface area contributed by atoms with Gasteiger partial charge in [-0.3, -0.25) is 4.79 Å². The molecular formula is C15H15BrN2OS. The number of amides is 1. The molecule has 2 rings (SSSR count). The van der Waals surface area contributed by atoms with Gasteiger partial charge in [-0.05, 0) is 36.6 Å². The maximum absolute atomic E-state index is 11.9. The second-order valence-corrected chi connectivity index (χ2v) is 5.88. The van der Waals surface area contributed by atoms with E-state index in [1.54, 1.807) is 11.8 Å². The molecule has 0 spiro atoms. The van der Waals surface area contributed by atoms with Crippen molar-refractivity contribution < 1.29 is 4.79 Å². The standard InChI is InChI=1S/C15H15BrN2OS/c1-20-14-8-3-2-7-13(14)17-10-15(19)18-12-6-4-5-11(16)9-12/h2-9,17H,10H2,1H3,(H,18,19). The molecule has 5 heteroatoms. The molecule has 104 valence electrons. The van der Waals surface area contributed by atoms with Gasteiger partial charge in [-0.15, -0.1) is 11.8 Å². The van der Waals surface area contributed by atoms with Crippen LogP contribution in [-0.2, 0) is 4.79 Å². The zero-order valence-corrected chi connectivity index (χ0v) is 13.4. The number of carbonyl (C=O) groups excluding carboxylic acids is 1. The van der Waals surface area contributed by atoms with Crippen LogP contribution in [0.25, 0.3) is 0 Å². The van der Waals surface area contributed by atoms with Crippen molar-refractivity contribution in [2.45, 2.75) is 4.90 Å². The van der Waals surface area contributed by atoms with Crippen LogP contribution in [0.4, 0.5) is 11.4 Å². The minimum atomic E-state index is -0.0704. The van der Waals surface area contributed by atoms with Gasteiger partial charge in [0.25, 0.3) is 0 Å². The van der Waals surface area contributed by atoms with E-state index < -0.39 is 0 Å². The van der Waals surface area contributed by atoms with Gasteiger partial charge in [-0.1, -0.05) is 34.1 Å². The first-order valence-corrected chi connectivity index (χ1v) is 8.13. The van der Waals surface area contributed by atoms with Crippen molar-refractivity contribution in [2.24, 2.45) is 0 Å². The van der Waals surface area contributed by atoms with Gasteiger partial charge in [0, 0.05) is 20.7 Å². The maximum Gasteiger partial charge on any atom is 0.243 e. The Morgan fingerprint density at radius 3 is 2.75 bits per heavy atom. The lowest BCUT2D eigenvalue weighted by Crippen LogP contribution is -2.21. The van der Waals surface area contributed by atoms with Crippen LogP contribution in [0.2, 0.25) is 0 Å². The molecule has 0 radical (unpaired) electrons. The summed E-state index contributed by atoms with van der Waals surface area (Å²) >= 11 is 5.03. The van der Waals surface area contributed by atoms with Gasteiger partial charge in [0.2, 0.25) is 5.91 Å². The minimum Gasteiger partial charge on any atom is -0.375 e. The first-order chi connectivity index (χ1) is 9.69. The average Bonchev–Trinajstić information content (AvgIpc) is 2.45. The molecule has 2 aromatic carbocycles. The fourth-order valence-electron chi connectivity index (χ4n) is 1.74. The Kier molecular flexibility index (Phi) is 5.49. The van der Waals surface area contributed by atoms with E-state index in [-0.39, 0.29) is 12.5 Å². The molecule has 0 unspecified atom stereocenters. The first-order valence-electron chi connectivity index (χ1n) is 6.11. The molecule has 2 aromatic rings. The topological polar surface area (TPSA) is 41.1 Å². The molecular weight excluding hydrogens is 336 g/mol. The Morgan fingerprint density at radius 1 is 1.20 bits per heavy atom. The first kappa shape index (κ1) is 14.9. The predicted molar refractivity (Wildman–Crippen MR) is 89.5 cm³/mol. The molecule has 1 amide bonds.